The number of benzene rings is 1. The molecular weight excluding hydrogens is 266 g/mol. The van der Waals surface area contributed by atoms with Crippen LogP contribution >= 0.6 is 15.9 Å². The predicted octanol–water partition coefficient (Wildman–Crippen LogP) is 2.85. The van der Waals surface area contributed by atoms with Crippen molar-refractivity contribution < 1.29 is 0 Å². The summed E-state index contributed by atoms with van der Waals surface area (Å²) in [6.07, 6.45) is 1.89. The molecule has 0 amide bonds. The van der Waals surface area contributed by atoms with Crippen LogP contribution in [0.15, 0.2) is 28.9 Å². The van der Waals surface area contributed by atoms with Gasteiger partial charge in [0.05, 0.1) is 5.52 Å². The van der Waals surface area contributed by atoms with Crippen molar-refractivity contribution in [2.45, 2.75) is 6.92 Å². The largest absolute Gasteiger partial charge is 0.340 e. The zero-order valence-electron chi connectivity index (χ0n) is 9.02. The van der Waals surface area contributed by atoms with E-state index in [2.05, 4.69) is 37.7 Å². The average Bonchev–Trinajstić information content (AvgIpc) is 2.25. The third-order valence-corrected chi connectivity index (χ3v) is 3.60. The van der Waals surface area contributed by atoms with Crippen LogP contribution in [0.1, 0.15) is 6.92 Å². The summed E-state index contributed by atoms with van der Waals surface area (Å²) in [4.78, 5) is 11.2. The highest BCUT2D eigenvalue weighted by atomic mass is 79.9. The summed E-state index contributed by atoms with van der Waals surface area (Å²) < 4.78 is 1.05. The fourth-order valence-electron chi connectivity index (χ4n) is 2.02. The number of hydrogen-bond donors (Lipinski definition) is 0. The first-order valence-electron chi connectivity index (χ1n) is 5.40. The molecule has 4 heteroatoms. The number of rotatable bonds is 1. The second kappa shape index (κ2) is 3.70. The van der Waals surface area contributed by atoms with E-state index in [0.717, 1.165) is 40.3 Å². The topological polar surface area (TPSA) is 29.0 Å². The van der Waals surface area contributed by atoms with Gasteiger partial charge in [-0.25, -0.2) is 9.97 Å². The van der Waals surface area contributed by atoms with Crippen molar-refractivity contribution in [3.05, 3.63) is 28.9 Å². The van der Waals surface area contributed by atoms with Crippen LogP contribution in [0, 0.1) is 5.92 Å². The molecule has 0 saturated carbocycles. The average molecular weight is 278 g/mol. The minimum Gasteiger partial charge on any atom is -0.340 e. The Labute approximate surface area is 103 Å². The van der Waals surface area contributed by atoms with Crippen molar-refractivity contribution in [2.75, 3.05) is 18.0 Å². The van der Waals surface area contributed by atoms with Crippen LogP contribution in [-0.4, -0.2) is 23.1 Å². The summed E-state index contributed by atoms with van der Waals surface area (Å²) in [5.41, 5.74) is 0.999. The molecule has 1 saturated heterocycles. The third-order valence-electron chi connectivity index (χ3n) is 2.91. The van der Waals surface area contributed by atoms with Crippen molar-refractivity contribution in [3.63, 3.8) is 0 Å². The first-order valence-corrected chi connectivity index (χ1v) is 6.19. The summed E-state index contributed by atoms with van der Waals surface area (Å²) >= 11 is 3.51. The van der Waals surface area contributed by atoms with E-state index in [1.807, 2.05) is 24.4 Å². The Hall–Kier alpha value is -1.16. The van der Waals surface area contributed by atoms with Gasteiger partial charge in [0.2, 0.25) is 5.95 Å². The van der Waals surface area contributed by atoms with Gasteiger partial charge >= 0.3 is 0 Å². The third kappa shape index (κ3) is 1.57. The first kappa shape index (κ1) is 10.0. The highest BCUT2D eigenvalue weighted by Crippen LogP contribution is 2.25. The van der Waals surface area contributed by atoms with E-state index >= 15 is 0 Å². The van der Waals surface area contributed by atoms with Crippen LogP contribution in [0.4, 0.5) is 5.95 Å². The maximum absolute atomic E-state index is 4.58. The van der Waals surface area contributed by atoms with Gasteiger partial charge in [0.1, 0.15) is 0 Å². The highest BCUT2D eigenvalue weighted by Gasteiger charge is 2.24. The van der Waals surface area contributed by atoms with Gasteiger partial charge in [-0.2, -0.15) is 0 Å². The second-order valence-electron chi connectivity index (χ2n) is 4.35. The Morgan fingerprint density at radius 1 is 1.38 bits per heavy atom. The van der Waals surface area contributed by atoms with Crippen LogP contribution < -0.4 is 4.90 Å². The quantitative estimate of drug-likeness (QED) is 0.803. The molecule has 2 heterocycles. The first-order chi connectivity index (χ1) is 7.74. The second-order valence-corrected chi connectivity index (χ2v) is 5.21. The van der Waals surface area contributed by atoms with Crippen molar-refractivity contribution in [2.24, 2.45) is 5.92 Å². The van der Waals surface area contributed by atoms with E-state index in [4.69, 9.17) is 0 Å². The van der Waals surface area contributed by atoms with E-state index in [1.54, 1.807) is 0 Å². The summed E-state index contributed by atoms with van der Waals surface area (Å²) in [5.74, 6) is 1.62. The molecule has 0 unspecified atom stereocenters. The maximum atomic E-state index is 4.58. The van der Waals surface area contributed by atoms with Crippen molar-refractivity contribution in [1.82, 2.24) is 9.97 Å². The molecule has 0 N–H and O–H groups in total. The molecule has 0 radical (unpaired) electrons. The van der Waals surface area contributed by atoms with Gasteiger partial charge in [-0.05, 0) is 18.1 Å². The van der Waals surface area contributed by atoms with Crippen LogP contribution in [0.2, 0.25) is 0 Å². The van der Waals surface area contributed by atoms with Gasteiger partial charge < -0.3 is 4.90 Å². The summed E-state index contributed by atoms with van der Waals surface area (Å²) in [6, 6.07) is 6.04. The van der Waals surface area contributed by atoms with E-state index in [0.29, 0.717) is 0 Å². The number of nitrogens with zero attached hydrogens (tertiary/aromatic N) is 3. The zero-order valence-corrected chi connectivity index (χ0v) is 10.6. The number of halogens is 1. The molecule has 82 valence electrons. The lowest BCUT2D eigenvalue weighted by atomic mass is 10.0. The van der Waals surface area contributed by atoms with Crippen molar-refractivity contribution in [1.29, 1.82) is 0 Å². The summed E-state index contributed by atoms with van der Waals surface area (Å²) in [6.45, 7) is 4.38. The van der Waals surface area contributed by atoms with Crippen molar-refractivity contribution in [3.8, 4) is 0 Å². The molecular formula is C12H12BrN3. The van der Waals surface area contributed by atoms with Gasteiger partial charge in [-0.3, -0.25) is 0 Å². The fourth-order valence-corrected chi connectivity index (χ4v) is 2.48. The molecule has 0 bridgehead atoms. The van der Waals surface area contributed by atoms with Gasteiger partial charge in [0.25, 0.3) is 0 Å². The molecule has 1 aliphatic heterocycles. The lowest BCUT2D eigenvalue weighted by Crippen LogP contribution is -2.46. The molecule has 0 aliphatic carbocycles. The van der Waals surface area contributed by atoms with Crippen LogP contribution in [0.5, 0.6) is 0 Å². The maximum Gasteiger partial charge on any atom is 0.225 e. The van der Waals surface area contributed by atoms with Crippen molar-refractivity contribution >= 4 is 32.8 Å². The zero-order chi connectivity index (χ0) is 11.1. The van der Waals surface area contributed by atoms with Crippen LogP contribution in [0.25, 0.3) is 10.9 Å². The molecule has 3 rings (SSSR count). The van der Waals surface area contributed by atoms with Gasteiger partial charge in [-0.1, -0.05) is 28.9 Å². The minimum atomic E-state index is 0.766. The Balaban J connectivity index is 2.03. The Morgan fingerprint density at radius 3 is 2.94 bits per heavy atom. The normalized spacial score (nSPS) is 16.5. The molecule has 3 nitrogen and oxygen atoms in total. The summed E-state index contributed by atoms with van der Waals surface area (Å²) in [7, 11) is 0. The van der Waals surface area contributed by atoms with E-state index < -0.39 is 0 Å². The number of aromatic nitrogens is 2. The number of fused-ring (bicyclic) bond motifs is 1. The fraction of sp³-hybridized carbons (Fsp3) is 0.333. The van der Waals surface area contributed by atoms with E-state index in [9.17, 15) is 0 Å². The molecule has 1 fully saturated rings. The molecule has 1 aromatic carbocycles. The summed E-state index contributed by atoms with van der Waals surface area (Å²) in [5, 5.41) is 1.07. The molecule has 2 aromatic rings. The Bertz CT molecular complexity index is 535. The van der Waals surface area contributed by atoms with Crippen LogP contribution in [-0.2, 0) is 0 Å². The lowest BCUT2D eigenvalue weighted by Gasteiger charge is -2.37. The van der Waals surface area contributed by atoms with E-state index in [-0.39, 0.29) is 0 Å². The molecule has 0 atom stereocenters. The van der Waals surface area contributed by atoms with Gasteiger partial charge in [0, 0.05) is 29.1 Å². The molecule has 0 spiro atoms. The number of anilines is 1. The number of hydrogen-bond acceptors (Lipinski definition) is 3. The van der Waals surface area contributed by atoms with Crippen LogP contribution in [0.3, 0.4) is 0 Å². The molecule has 16 heavy (non-hydrogen) atoms. The molecule has 1 aliphatic rings. The molecule has 1 aromatic heterocycles. The highest BCUT2D eigenvalue weighted by molar-refractivity contribution is 9.10. The lowest BCUT2D eigenvalue weighted by molar-refractivity contribution is 0.439. The standard InChI is InChI=1S/C12H12BrN3/c1-8-6-16(7-8)12-14-5-9-10(13)3-2-4-11(9)15-12/h2-5,8H,6-7H2,1H3. The Kier molecular flexibility index (Phi) is 2.32. The smallest absolute Gasteiger partial charge is 0.225 e. The van der Waals surface area contributed by atoms with Gasteiger partial charge in [-0.15, -0.1) is 0 Å². The monoisotopic (exact) mass is 277 g/mol. The minimum absolute atomic E-state index is 0.766. The Morgan fingerprint density at radius 2 is 2.19 bits per heavy atom. The van der Waals surface area contributed by atoms with E-state index in [1.165, 1.54) is 0 Å². The van der Waals surface area contributed by atoms with Gasteiger partial charge in [0.15, 0.2) is 0 Å². The SMILES string of the molecule is CC1CN(c2ncc3c(Br)cccc3n2)C1. The predicted molar refractivity (Wildman–Crippen MR) is 68.6 cm³/mol.